The molecule has 0 aliphatic heterocycles. The molecule has 3 nitrogen and oxygen atoms in total. The highest BCUT2D eigenvalue weighted by atomic mass is 79.9. The molecule has 0 aliphatic carbocycles. The summed E-state index contributed by atoms with van der Waals surface area (Å²) in [6.45, 7) is 1.65. The zero-order valence-electron chi connectivity index (χ0n) is 10.1. The molecule has 1 aromatic rings. The van der Waals surface area contributed by atoms with Gasteiger partial charge < -0.3 is 9.84 Å². The molecule has 18 heavy (non-hydrogen) atoms. The van der Waals surface area contributed by atoms with Crippen molar-refractivity contribution in [1.29, 1.82) is 0 Å². The van der Waals surface area contributed by atoms with Crippen molar-refractivity contribution in [3.05, 3.63) is 35.9 Å². The van der Waals surface area contributed by atoms with E-state index in [0.29, 0.717) is 6.42 Å². The van der Waals surface area contributed by atoms with E-state index in [2.05, 4.69) is 20.7 Å². The van der Waals surface area contributed by atoms with Crippen LogP contribution in [-0.4, -0.2) is 28.4 Å². The number of carbonyl (C=O) groups is 1. The van der Waals surface area contributed by atoms with E-state index in [9.17, 15) is 14.3 Å². The smallest absolute Gasteiger partial charge is 0.357 e. The molecule has 0 saturated heterocycles. The van der Waals surface area contributed by atoms with Crippen molar-refractivity contribution >= 4 is 21.9 Å². The van der Waals surface area contributed by atoms with E-state index < -0.39 is 16.7 Å². The highest BCUT2D eigenvalue weighted by molar-refractivity contribution is 9.10. The summed E-state index contributed by atoms with van der Waals surface area (Å²) < 4.78 is 16.0. The Labute approximate surface area is 114 Å². The van der Waals surface area contributed by atoms with Gasteiger partial charge in [-0.15, -0.1) is 0 Å². The van der Waals surface area contributed by atoms with Crippen LogP contribution in [0.2, 0.25) is 0 Å². The Hall–Kier alpha value is -0.940. The Morgan fingerprint density at radius 2 is 2.11 bits per heavy atom. The summed E-state index contributed by atoms with van der Waals surface area (Å²) >= 11 is 2.60. The SMILES string of the molecule is CCOC(=O)C(F)(Br)C(O)CCc1ccccc1. The first kappa shape index (κ1) is 15.1. The number of aryl methyl sites for hydroxylation is 1. The van der Waals surface area contributed by atoms with Crippen molar-refractivity contribution in [3.8, 4) is 0 Å². The molecule has 0 radical (unpaired) electrons. The second-order valence-corrected chi connectivity index (χ2v) is 5.04. The minimum Gasteiger partial charge on any atom is -0.463 e. The molecule has 5 heteroatoms. The predicted molar refractivity (Wildman–Crippen MR) is 70.2 cm³/mol. The highest BCUT2D eigenvalue weighted by Crippen LogP contribution is 2.29. The molecule has 2 atom stereocenters. The maximum atomic E-state index is 14.0. The molecule has 1 aromatic carbocycles. The van der Waals surface area contributed by atoms with Crippen LogP contribution < -0.4 is 0 Å². The molecule has 2 unspecified atom stereocenters. The van der Waals surface area contributed by atoms with E-state index in [1.165, 1.54) is 0 Å². The Bertz CT molecular complexity index is 381. The summed E-state index contributed by atoms with van der Waals surface area (Å²) in [7, 11) is 0. The molecule has 0 aromatic heterocycles. The Balaban J connectivity index is 2.54. The Kier molecular flexibility index (Phi) is 5.75. The van der Waals surface area contributed by atoms with Gasteiger partial charge in [-0.2, -0.15) is 0 Å². The molecule has 0 aliphatic rings. The lowest BCUT2D eigenvalue weighted by atomic mass is 10.0. The fourth-order valence-electron chi connectivity index (χ4n) is 1.49. The number of hydrogen-bond acceptors (Lipinski definition) is 3. The predicted octanol–water partition coefficient (Wildman–Crippen LogP) is 2.60. The number of alkyl halides is 2. The number of aliphatic hydroxyl groups excluding tert-OH is 1. The Morgan fingerprint density at radius 3 is 2.67 bits per heavy atom. The summed E-state index contributed by atoms with van der Waals surface area (Å²) in [6, 6.07) is 9.37. The van der Waals surface area contributed by atoms with Gasteiger partial charge in [-0.05, 0) is 41.3 Å². The topological polar surface area (TPSA) is 46.5 Å². The zero-order chi connectivity index (χ0) is 13.6. The molecular formula is C13H16BrFO3. The Morgan fingerprint density at radius 1 is 1.50 bits per heavy atom. The lowest BCUT2D eigenvalue weighted by Crippen LogP contribution is -2.41. The molecule has 0 fully saturated rings. The molecule has 0 amide bonds. The third-order valence-corrected chi connectivity index (χ3v) is 3.37. The maximum Gasteiger partial charge on any atom is 0.357 e. The summed E-state index contributed by atoms with van der Waals surface area (Å²) in [4.78, 5) is 11.3. The summed E-state index contributed by atoms with van der Waals surface area (Å²) in [5, 5.41) is 9.71. The quantitative estimate of drug-likeness (QED) is 0.648. The number of aliphatic hydroxyl groups is 1. The van der Waals surface area contributed by atoms with Crippen molar-refractivity contribution in [3.63, 3.8) is 0 Å². The molecular weight excluding hydrogens is 303 g/mol. The van der Waals surface area contributed by atoms with Crippen molar-refractivity contribution < 1.29 is 19.0 Å². The lowest BCUT2D eigenvalue weighted by molar-refractivity contribution is -0.156. The number of esters is 1. The van der Waals surface area contributed by atoms with Crippen LogP contribution >= 0.6 is 15.9 Å². The van der Waals surface area contributed by atoms with Crippen LogP contribution in [0, 0.1) is 0 Å². The van der Waals surface area contributed by atoms with E-state index in [1.807, 2.05) is 30.3 Å². The summed E-state index contributed by atoms with van der Waals surface area (Å²) in [5.41, 5.74) is 0.976. The first-order valence-electron chi connectivity index (χ1n) is 5.75. The van der Waals surface area contributed by atoms with Crippen LogP contribution in [0.3, 0.4) is 0 Å². The molecule has 1 N–H and O–H groups in total. The van der Waals surface area contributed by atoms with E-state index in [4.69, 9.17) is 0 Å². The molecule has 0 saturated carbocycles. The van der Waals surface area contributed by atoms with Crippen LogP contribution in [0.15, 0.2) is 30.3 Å². The van der Waals surface area contributed by atoms with Gasteiger partial charge in [0, 0.05) is 0 Å². The number of carbonyl (C=O) groups excluding carboxylic acids is 1. The molecule has 0 heterocycles. The minimum absolute atomic E-state index is 0.0709. The van der Waals surface area contributed by atoms with Gasteiger partial charge in [0.15, 0.2) is 0 Å². The molecule has 0 bridgehead atoms. The van der Waals surface area contributed by atoms with Crippen molar-refractivity contribution in [2.75, 3.05) is 6.61 Å². The second-order valence-electron chi connectivity index (χ2n) is 3.88. The zero-order valence-corrected chi connectivity index (χ0v) is 11.7. The van der Waals surface area contributed by atoms with Gasteiger partial charge in [0.25, 0.3) is 4.58 Å². The van der Waals surface area contributed by atoms with Crippen LogP contribution in [0.5, 0.6) is 0 Å². The minimum atomic E-state index is -2.54. The summed E-state index contributed by atoms with van der Waals surface area (Å²) in [5.74, 6) is -1.09. The van der Waals surface area contributed by atoms with E-state index in [0.717, 1.165) is 5.56 Å². The first-order valence-corrected chi connectivity index (χ1v) is 6.54. The van der Waals surface area contributed by atoms with Crippen LogP contribution in [-0.2, 0) is 16.0 Å². The van der Waals surface area contributed by atoms with Gasteiger partial charge in [-0.3, -0.25) is 0 Å². The standard InChI is InChI=1S/C13H16BrFO3/c1-2-18-12(17)13(14,15)11(16)9-8-10-6-4-3-5-7-10/h3-7,11,16H,2,8-9H2,1H3. The van der Waals surface area contributed by atoms with Gasteiger partial charge in [-0.25, -0.2) is 9.18 Å². The van der Waals surface area contributed by atoms with E-state index in [1.54, 1.807) is 6.92 Å². The summed E-state index contributed by atoms with van der Waals surface area (Å²) in [6.07, 6.45) is -0.833. The van der Waals surface area contributed by atoms with Crippen molar-refractivity contribution in [1.82, 2.24) is 0 Å². The normalized spacial score (nSPS) is 15.8. The monoisotopic (exact) mass is 318 g/mol. The van der Waals surface area contributed by atoms with Crippen LogP contribution in [0.4, 0.5) is 4.39 Å². The van der Waals surface area contributed by atoms with Gasteiger partial charge >= 0.3 is 5.97 Å². The number of hydrogen-bond donors (Lipinski definition) is 1. The number of rotatable bonds is 6. The lowest BCUT2D eigenvalue weighted by Gasteiger charge is -2.22. The van der Waals surface area contributed by atoms with Crippen molar-refractivity contribution in [2.24, 2.45) is 0 Å². The average molecular weight is 319 g/mol. The van der Waals surface area contributed by atoms with Crippen molar-refractivity contribution in [2.45, 2.75) is 30.4 Å². The van der Waals surface area contributed by atoms with Gasteiger partial charge in [0.1, 0.15) is 6.10 Å². The molecule has 100 valence electrons. The van der Waals surface area contributed by atoms with Gasteiger partial charge in [0.2, 0.25) is 0 Å². The number of halogens is 2. The molecule has 1 rings (SSSR count). The fourth-order valence-corrected chi connectivity index (χ4v) is 1.84. The fraction of sp³-hybridized carbons (Fsp3) is 0.462. The van der Waals surface area contributed by atoms with E-state index >= 15 is 0 Å². The molecule has 0 spiro atoms. The largest absolute Gasteiger partial charge is 0.463 e. The van der Waals surface area contributed by atoms with E-state index in [-0.39, 0.29) is 13.0 Å². The number of benzene rings is 1. The van der Waals surface area contributed by atoms with Crippen LogP contribution in [0.1, 0.15) is 18.9 Å². The maximum absolute atomic E-state index is 14.0. The third-order valence-electron chi connectivity index (χ3n) is 2.52. The second kappa shape index (κ2) is 6.85. The highest BCUT2D eigenvalue weighted by Gasteiger charge is 2.44. The number of ether oxygens (including phenoxy) is 1. The third kappa shape index (κ3) is 4.07. The van der Waals surface area contributed by atoms with Gasteiger partial charge in [0.05, 0.1) is 6.61 Å². The van der Waals surface area contributed by atoms with Gasteiger partial charge in [-0.1, -0.05) is 30.3 Å². The first-order chi connectivity index (χ1) is 8.48. The van der Waals surface area contributed by atoms with Crippen LogP contribution in [0.25, 0.3) is 0 Å². The average Bonchev–Trinajstić information content (AvgIpc) is 2.37.